The van der Waals surface area contributed by atoms with Gasteiger partial charge in [0.05, 0.1) is 25.8 Å². The molecule has 0 unspecified atom stereocenters. The zero-order chi connectivity index (χ0) is 21.1. The van der Waals surface area contributed by atoms with Crippen LogP contribution >= 0.6 is 12.2 Å². The quantitative estimate of drug-likeness (QED) is 0.651. The Labute approximate surface area is 176 Å². The standard InChI is InChI=1S/C22H25N3O3S/c1-12-9-10-13(2)16(11-12)24-21(26)18-14(3)23-22(29)25-19(18)15-7-6-8-17(27-4)20(15)28-5/h6-11,19H,1-5H3,(H,24,26)(H2,23,25,29)/t19-/m1/s1. The van der Waals surface area contributed by atoms with Gasteiger partial charge in [-0.05, 0) is 56.2 Å². The van der Waals surface area contributed by atoms with Crippen molar-refractivity contribution in [3.63, 3.8) is 0 Å². The second kappa shape index (κ2) is 8.53. The van der Waals surface area contributed by atoms with Crippen LogP contribution in [-0.2, 0) is 4.79 Å². The fraction of sp³-hybridized carbons (Fsp3) is 0.273. The van der Waals surface area contributed by atoms with Crippen LogP contribution in [0.25, 0.3) is 0 Å². The van der Waals surface area contributed by atoms with Crippen molar-refractivity contribution in [1.29, 1.82) is 0 Å². The van der Waals surface area contributed by atoms with E-state index >= 15 is 0 Å². The molecular formula is C22H25N3O3S. The number of anilines is 1. The number of methoxy groups -OCH3 is 2. The highest BCUT2D eigenvalue weighted by molar-refractivity contribution is 7.80. The third-order valence-electron chi connectivity index (χ3n) is 4.90. The molecule has 1 atom stereocenters. The summed E-state index contributed by atoms with van der Waals surface area (Å²) in [6.45, 7) is 5.79. The minimum Gasteiger partial charge on any atom is -0.493 e. The highest BCUT2D eigenvalue weighted by Crippen LogP contribution is 2.39. The van der Waals surface area contributed by atoms with E-state index in [4.69, 9.17) is 21.7 Å². The van der Waals surface area contributed by atoms with Crippen molar-refractivity contribution in [3.8, 4) is 11.5 Å². The van der Waals surface area contributed by atoms with Gasteiger partial charge in [-0.25, -0.2) is 0 Å². The molecule has 0 saturated carbocycles. The third kappa shape index (κ3) is 4.19. The van der Waals surface area contributed by atoms with Gasteiger partial charge in [0, 0.05) is 16.9 Å². The van der Waals surface area contributed by atoms with Gasteiger partial charge in [-0.1, -0.05) is 24.3 Å². The number of carbonyl (C=O) groups excluding carboxylic acids is 1. The summed E-state index contributed by atoms with van der Waals surface area (Å²) in [5, 5.41) is 9.74. The molecule has 1 heterocycles. The zero-order valence-electron chi connectivity index (χ0n) is 17.2. The molecule has 0 aromatic heterocycles. The summed E-state index contributed by atoms with van der Waals surface area (Å²) in [5.41, 5.74) is 4.83. The van der Waals surface area contributed by atoms with Crippen LogP contribution < -0.4 is 25.4 Å². The summed E-state index contributed by atoms with van der Waals surface area (Å²) in [5.74, 6) is 0.929. The van der Waals surface area contributed by atoms with Gasteiger partial charge in [0.25, 0.3) is 5.91 Å². The summed E-state index contributed by atoms with van der Waals surface area (Å²) in [4.78, 5) is 13.3. The lowest BCUT2D eigenvalue weighted by Crippen LogP contribution is -2.45. The van der Waals surface area contributed by atoms with Crippen LogP contribution in [0.2, 0.25) is 0 Å². The van der Waals surface area contributed by atoms with E-state index in [9.17, 15) is 4.79 Å². The van der Waals surface area contributed by atoms with Crippen LogP contribution in [0.4, 0.5) is 5.69 Å². The molecule has 0 fully saturated rings. The molecule has 7 heteroatoms. The number of rotatable bonds is 5. The van der Waals surface area contributed by atoms with E-state index in [-0.39, 0.29) is 5.91 Å². The minimum absolute atomic E-state index is 0.214. The van der Waals surface area contributed by atoms with Crippen molar-refractivity contribution >= 4 is 28.9 Å². The predicted octanol–water partition coefficient (Wildman–Crippen LogP) is 3.75. The molecule has 29 heavy (non-hydrogen) atoms. The van der Waals surface area contributed by atoms with E-state index in [0.717, 1.165) is 22.4 Å². The van der Waals surface area contributed by atoms with Crippen molar-refractivity contribution in [2.45, 2.75) is 26.8 Å². The summed E-state index contributed by atoms with van der Waals surface area (Å²) < 4.78 is 11.0. The molecule has 0 spiro atoms. The Hall–Kier alpha value is -3.06. The van der Waals surface area contributed by atoms with Gasteiger partial charge in [-0.15, -0.1) is 0 Å². The van der Waals surface area contributed by atoms with Gasteiger partial charge in [-0.3, -0.25) is 4.79 Å². The van der Waals surface area contributed by atoms with Crippen LogP contribution in [0.15, 0.2) is 47.7 Å². The van der Waals surface area contributed by atoms with E-state index < -0.39 is 6.04 Å². The van der Waals surface area contributed by atoms with Gasteiger partial charge < -0.3 is 25.4 Å². The minimum atomic E-state index is -0.487. The Morgan fingerprint density at radius 1 is 1.10 bits per heavy atom. The maximum absolute atomic E-state index is 13.3. The van der Waals surface area contributed by atoms with Crippen LogP contribution in [-0.4, -0.2) is 25.2 Å². The number of ether oxygens (including phenoxy) is 2. The zero-order valence-corrected chi connectivity index (χ0v) is 18.0. The van der Waals surface area contributed by atoms with Crippen LogP contribution in [0.1, 0.15) is 29.7 Å². The van der Waals surface area contributed by atoms with E-state index in [2.05, 4.69) is 16.0 Å². The van der Waals surface area contributed by atoms with Crippen molar-refractivity contribution in [1.82, 2.24) is 10.6 Å². The average molecular weight is 412 g/mol. The van der Waals surface area contributed by atoms with E-state index in [0.29, 0.717) is 27.9 Å². The molecule has 152 valence electrons. The summed E-state index contributed by atoms with van der Waals surface area (Å²) in [6, 6.07) is 11.0. The van der Waals surface area contributed by atoms with Crippen LogP contribution in [0, 0.1) is 13.8 Å². The Morgan fingerprint density at radius 2 is 1.86 bits per heavy atom. The molecule has 0 bridgehead atoms. The summed E-state index contributed by atoms with van der Waals surface area (Å²) >= 11 is 5.35. The molecule has 3 rings (SSSR count). The Kier molecular flexibility index (Phi) is 6.08. The fourth-order valence-electron chi connectivity index (χ4n) is 3.43. The maximum atomic E-state index is 13.3. The van der Waals surface area contributed by atoms with Gasteiger partial charge >= 0.3 is 0 Å². The Morgan fingerprint density at radius 3 is 2.55 bits per heavy atom. The Bertz CT molecular complexity index is 1000. The van der Waals surface area contributed by atoms with Gasteiger partial charge in [0.2, 0.25) is 0 Å². The number of aryl methyl sites for hydroxylation is 2. The van der Waals surface area contributed by atoms with Crippen LogP contribution in [0.3, 0.4) is 0 Å². The lowest BCUT2D eigenvalue weighted by Gasteiger charge is -2.31. The Balaban J connectivity index is 2.05. The second-order valence-corrected chi connectivity index (χ2v) is 7.33. The number of benzene rings is 2. The van der Waals surface area contributed by atoms with Crippen molar-refractivity contribution < 1.29 is 14.3 Å². The maximum Gasteiger partial charge on any atom is 0.255 e. The molecule has 2 aromatic carbocycles. The first kappa shape index (κ1) is 20.7. The van der Waals surface area contributed by atoms with Crippen molar-refractivity contribution in [2.24, 2.45) is 0 Å². The number of hydrogen-bond donors (Lipinski definition) is 3. The van der Waals surface area contributed by atoms with E-state index in [1.165, 1.54) is 0 Å². The van der Waals surface area contributed by atoms with Crippen molar-refractivity contribution in [3.05, 3.63) is 64.4 Å². The molecule has 3 N–H and O–H groups in total. The first-order valence-electron chi connectivity index (χ1n) is 9.23. The molecule has 0 aliphatic carbocycles. The van der Waals surface area contributed by atoms with Crippen LogP contribution in [0.5, 0.6) is 11.5 Å². The first-order valence-corrected chi connectivity index (χ1v) is 9.64. The van der Waals surface area contributed by atoms with E-state index in [1.54, 1.807) is 14.2 Å². The molecule has 1 aliphatic rings. The second-order valence-electron chi connectivity index (χ2n) is 6.93. The normalized spacial score (nSPS) is 16.0. The van der Waals surface area contributed by atoms with Gasteiger partial charge in [0.1, 0.15) is 0 Å². The number of nitrogens with one attached hydrogen (secondary N) is 3. The topological polar surface area (TPSA) is 71.6 Å². The summed E-state index contributed by atoms with van der Waals surface area (Å²) in [7, 11) is 3.16. The molecule has 0 saturated heterocycles. The number of hydrogen-bond acceptors (Lipinski definition) is 4. The largest absolute Gasteiger partial charge is 0.493 e. The monoisotopic (exact) mass is 411 g/mol. The number of para-hydroxylation sites is 1. The molecule has 2 aromatic rings. The molecular weight excluding hydrogens is 386 g/mol. The highest BCUT2D eigenvalue weighted by atomic mass is 32.1. The summed E-state index contributed by atoms with van der Waals surface area (Å²) in [6.07, 6.45) is 0. The lowest BCUT2D eigenvalue weighted by molar-refractivity contribution is -0.113. The highest BCUT2D eigenvalue weighted by Gasteiger charge is 2.32. The van der Waals surface area contributed by atoms with Crippen molar-refractivity contribution in [2.75, 3.05) is 19.5 Å². The third-order valence-corrected chi connectivity index (χ3v) is 5.12. The number of amides is 1. The number of carbonyl (C=O) groups is 1. The number of allylic oxidation sites excluding steroid dienone is 1. The van der Waals surface area contributed by atoms with E-state index in [1.807, 2.05) is 57.2 Å². The molecule has 0 radical (unpaired) electrons. The van der Waals surface area contributed by atoms with Gasteiger partial charge in [-0.2, -0.15) is 0 Å². The number of thiocarbonyl (C=S) groups is 1. The SMILES string of the molecule is COc1cccc([C@H]2NC(=S)NC(C)=C2C(=O)Nc2cc(C)ccc2C)c1OC. The molecule has 1 amide bonds. The average Bonchev–Trinajstić information content (AvgIpc) is 2.69. The molecule has 6 nitrogen and oxygen atoms in total. The lowest BCUT2D eigenvalue weighted by atomic mass is 9.93. The molecule has 1 aliphatic heterocycles. The predicted molar refractivity (Wildman–Crippen MR) is 118 cm³/mol. The smallest absolute Gasteiger partial charge is 0.255 e. The first-order chi connectivity index (χ1) is 13.8. The van der Waals surface area contributed by atoms with Gasteiger partial charge in [0.15, 0.2) is 16.6 Å². The fourth-order valence-corrected chi connectivity index (χ4v) is 3.70.